The summed E-state index contributed by atoms with van der Waals surface area (Å²) in [4.78, 5) is 12.2. The molecule has 0 fully saturated rings. The summed E-state index contributed by atoms with van der Waals surface area (Å²) in [5, 5.41) is 8.99. The van der Waals surface area contributed by atoms with E-state index in [9.17, 15) is 0 Å². The molecule has 6 rings (SSSR count). The largest absolute Gasteiger partial charge is 0.371 e. The number of imidazole rings is 1. The fourth-order valence-corrected chi connectivity index (χ4v) is 4.03. The smallest absolute Gasteiger partial charge is 0.253 e. The Morgan fingerprint density at radius 1 is 0.944 bits per heavy atom. The average Bonchev–Trinajstić information content (AvgIpc) is 3.43. The first-order valence-corrected chi connectivity index (χ1v) is 11.1. The molecule has 0 amide bonds. The minimum atomic E-state index is 0. The molecular weight excluding hydrogens is 623 g/mol. The second kappa shape index (κ2) is 11.4. The van der Waals surface area contributed by atoms with Gasteiger partial charge in [0.05, 0.1) is 5.82 Å². The van der Waals surface area contributed by atoms with Crippen LogP contribution >= 0.6 is 0 Å². The normalized spacial score (nSPS) is 10.8. The zero-order chi connectivity index (χ0) is 24.0. The molecule has 5 nitrogen and oxygen atoms in total. The second-order valence-electron chi connectivity index (χ2n) is 7.92. The van der Waals surface area contributed by atoms with Crippen LogP contribution in [-0.2, 0) is 33.1 Å². The number of aromatic nitrogens is 3. The molecule has 1 aliphatic rings. The maximum atomic E-state index is 8.99. The topological polar surface area (TPSA) is 58.9 Å². The van der Waals surface area contributed by atoms with Gasteiger partial charge in [-0.25, -0.2) is 5.26 Å². The van der Waals surface area contributed by atoms with Gasteiger partial charge in [0.25, 0.3) is 5.69 Å². The van der Waals surface area contributed by atoms with Gasteiger partial charge in [0.15, 0.2) is 0 Å². The molecule has 0 aliphatic carbocycles. The van der Waals surface area contributed by atoms with Gasteiger partial charge in [0.1, 0.15) is 6.57 Å². The number of pyridine rings is 1. The molecule has 5 aromatic rings. The third-order valence-electron chi connectivity index (χ3n) is 5.79. The van der Waals surface area contributed by atoms with Crippen molar-refractivity contribution in [2.24, 2.45) is 0 Å². The Balaban J connectivity index is 0.000000185. The van der Waals surface area contributed by atoms with Gasteiger partial charge in [-0.15, -0.1) is 41.5 Å². The van der Waals surface area contributed by atoms with Crippen LogP contribution in [0.2, 0.25) is 0 Å². The molecule has 2 aromatic heterocycles. The number of rotatable bonds is 2. The Kier molecular flexibility index (Phi) is 7.83. The molecule has 0 saturated heterocycles. The van der Waals surface area contributed by atoms with Gasteiger partial charge in [-0.3, -0.25) is 9.97 Å². The van der Waals surface area contributed by atoms with Gasteiger partial charge in [-0.05, 0) is 35.2 Å². The molecule has 36 heavy (non-hydrogen) atoms. The summed E-state index contributed by atoms with van der Waals surface area (Å²) in [6.45, 7) is 8.27. The van der Waals surface area contributed by atoms with Crippen LogP contribution in [0.15, 0.2) is 91.4 Å². The van der Waals surface area contributed by atoms with Gasteiger partial charge in [-0.2, -0.15) is 4.85 Å². The molecular formula is C30H19IrN5-2. The zero-order valence-electron chi connectivity index (χ0n) is 19.1. The molecule has 1 radical (unpaired) electrons. The summed E-state index contributed by atoms with van der Waals surface area (Å²) in [6.07, 6.45) is 6.74. The second-order valence-corrected chi connectivity index (χ2v) is 7.92. The van der Waals surface area contributed by atoms with E-state index in [4.69, 9.17) is 11.8 Å². The molecule has 0 atom stereocenters. The van der Waals surface area contributed by atoms with Crippen LogP contribution in [0.4, 0.5) is 5.69 Å². The van der Waals surface area contributed by atoms with Gasteiger partial charge < -0.3 is 4.57 Å². The van der Waals surface area contributed by atoms with E-state index in [1.165, 1.54) is 11.1 Å². The SMILES string of the molecule is [C-]#[N+]c1ccc(C#N)[c-]c1-c1ccc(-c2ccccc2)cn1.[Ir].[c-]1cccc2c1-c1nccn1CC2. The zero-order valence-corrected chi connectivity index (χ0v) is 21.5. The number of hydrogen-bond acceptors (Lipinski definition) is 3. The average molecular weight is 642 g/mol. The van der Waals surface area contributed by atoms with Gasteiger partial charge in [0.2, 0.25) is 0 Å². The molecule has 3 heterocycles. The monoisotopic (exact) mass is 642 g/mol. The van der Waals surface area contributed by atoms with Crippen molar-refractivity contribution in [1.82, 2.24) is 14.5 Å². The van der Waals surface area contributed by atoms with Crippen LogP contribution in [0.5, 0.6) is 0 Å². The molecule has 0 N–H and O–H groups in total. The Labute approximate surface area is 223 Å². The number of nitriles is 1. The van der Waals surface area contributed by atoms with Crippen molar-refractivity contribution in [2.75, 3.05) is 0 Å². The summed E-state index contributed by atoms with van der Waals surface area (Å²) < 4.78 is 2.18. The molecule has 1 aliphatic heterocycles. The Morgan fingerprint density at radius 3 is 2.56 bits per heavy atom. The van der Waals surface area contributed by atoms with Crippen LogP contribution in [0.25, 0.3) is 38.6 Å². The molecule has 0 unspecified atom stereocenters. The van der Waals surface area contributed by atoms with E-state index in [1.54, 1.807) is 18.3 Å². The first-order chi connectivity index (χ1) is 17.3. The van der Waals surface area contributed by atoms with Crippen LogP contribution < -0.4 is 0 Å². The van der Waals surface area contributed by atoms with E-state index in [1.807, 2.05) is 73.1 Å². The first kappa shape index (κ1) is 24.8. The van der Waals surface area contributed by atoms with Gasteiger partial charge >= 0.3 is 0 Å². The molecule has 0 spiro atoms. The summed E-state index contributed by atoms with van der Waals surface area (Å²) in [5.41, 5.74) is 6.67. The predicted molar refractivity (Wildman–Crippen MR) is 135 cm³/mol. The Morgan fingerprint density at radius 2 is 1.81 bits per heavy atom. The van der Waals surface area contributed by atoms with Crippen LogP contribution in [0, 0.1) is 30.0 Å². The minimum Gasteiger partial charge on any atom is -0.371 e. The molecule has 3 aromatic carbocycles. The number of fused-ring (bicyclic) bond motifs is 3. The van der Waals surface area contributed by atoms with E-state index >= 15 is 0 Å². The minimum absolute atomic E-state index is 0. The van der Waals surface area contributed by atoms with Gasteiger partial charge in [-0.1, -0.05) is 54.1 Å². The fraction of sp³-hybridized carbons (Fsp3) is 0.0667. The van der Waals surface area contributed by atoms with Crippen LogP contribution in [0.1, 0.15) is 11.1 Å². The molecule has 0 bridgehead atoms. The first-order valence-electron chi connectivity index (χ1n) is 11.1. The van der Waals surface area contributed by atoms with E-state index in [0.29, 0.717) is 22.5 Å². The van der Waals surface area contributed by atoms with Crippen molar-refractivity contribution in [2.45, 2.75) is 13.0 Å². The molecule has 0 saturated carbocycles. The quantitative estimate of drug-likeness (QED) is 0.206. The number of hydrogen-bond donors (Lipinski definition) is 0. The number of nitrogens with zero attached hydrogens (tertiary/aromatic N) is 5. The molecule has 6 heteroatoms. The summed E-state index contributed by atoms with van der Waals surface area (Å²) in [6, 6.07) is 31.4. The fourth-order valence-electron chi connectivity index (χ4n) is 4.03. The van der Waals surface area contributed by atoms with Crippen molar-refractivity contribution in [1.29, 1.82) is 5.26 Å². The number of benzene rings is 3. The van der Waals surface area contributed by atoms with E-state index in [2.05, 4.69) is 37.6 Å². The summed E-state index contributed by atoms with van der Waals surface area (Å²) in [7, 11) is 0. The Bertz CT molecular complexity index is 1560. The van der Waals surface area contributed by atoms with Crippen LogP contribution in [-0.4, -0.2) is 14.5 Å². The van der Waals surface area contributed by atoms with Gasteiger partial charge in [0, 0.05) is 50.9 Å². The molecule has 175 valence electrons. The van der Waals surface area contributed by atoms with Crippen molar-refractivity contribution >= 4 is 5.69 Å². The van der Waals surface area contributed by atoms with Crippen molar-refractivity contribution < 1.29 is 20.1 Å². The standard InChI is InChI=1S/C19H10N3.C11H9N2.Ir/c1-21-18-9-7-14(12-20)11-17(18)19-10-8-16(13-22-19)15-5-3-2-4-6-15;1-2-4-10-9(3-1)5-7-13-8-6-12-11(10)13;/h2-10,13H;1-3,6,8H,5,7H2;/q2*-1;. The predicted octanol–water partition coefficient (Wildman–Crippen LogP) is 6.54. The van der Waals surface area contributed by atoms with Crippen molar-refractivity contribution in [3.63, 3.8) is 0 Å². The van der Waals surface area contributed by atoms with Crippen molar-refractivity contribution in [3.8, 4) is 39.8 Å². The summed E-state index contributed by atoms with van der Waals surface area (Å²) >= 11 is 0. The third kappa shape index (κ3) is 5.16. The van der Waals surface area contributed by atoms with E-state index in [0.717, 1.165) is 29.9 Å². The maximum Gasteiger partial charge on any atom is 0.253 e. The van der Waals surface area contributed by atoms with E-state index < -0.39 is 0 Å². The van der Waals surface area contributed by atoms with Crippen LogP contribution in [0.3, 0.4) is 0 Å². The number of aryl methyl sites for hydroxylation is 2. The third-order valence-corrected chi connectivity index (χ3v) is 5.79. The van der Waals surface area contributed by atoms with E-state index in [-0.39, 0.29) is 20.1 Å². The van der Waals surface area contributed by atoms with Crippen molar-refractivity contribution in [3.05, 3.63) is 126 Å². The summed E-state index contributed by atoms with van der Waals surface area (Å²) in [5.74, 6) is 1.06. The Hall–Kier alpha value is -4.35. The maximum absolute atomic E-state index is 8.99.